The number of carbonyl (C=O) groups excluding carboxylic acids is 1. The SMILES string of the molecule is Cc1cc(C)cc(OCCN(C)C(=O)COC(C)(C)C)c1. The molecule has 0 atom stereocenters. The first-order chi connectivity index (χ1) is 9.67. The number of hydrogen-bond donors (Lipinski definition) is 0. The topological polar surface area (TPSA) is 38.8 Å². The molecule has 1 rings (SSSR count). The van der Waals surface area contributed by atoms with Crippen molar-refractivity contribution in [2.75, 3.05) is 26.8 Å². The minimum atomic E-state index is -0.300. The Balaban J connectivity index is 2.36. The van der Waals surface area contributed by atoms with E-state index in [9.17, 15) is 4.79 Å². The Morgan fingerprint density at radius 2 is 1.71 bits per heavy atom. The molecular formula is C17H27NO3. The van der Waals surface area contributed by atoms with Crippen LogP contribution in [0.2, 0.25) is 0 Å². The first-order valence-electron chi connectivity index (χ1n) is 7.26. The Morgan fingerprint density at radius 1 is 1.14 bits per heavy atom. The second-order valence-electron chi connectivity index (χ2n) is 6.39. The molecule has 1 amide bonds. The van der Waals surface area contributed by atoms with Crippen LogP contribution in [0.5, 0.6) is 5.75 Å². The van der Waals surface area contributed by atoms with E-state index in [0.717, 1.165) is 5.75 Å². The molecule has 0 spiro atoms. The maximum Gasteiger partial charge on any atom is 0.248 e. The third-order valence-corrected chi connectivity index (χ3v) is 2.95. The van der Waals surface area contributed by atoms with Crippen LogP contribution in [0.1, 0.15) is 31.9 Å². The summed E-state index contributed by atoms with van der Waals surface area (Å²) >= 11 is 0. The average Bonchev–Trinajstić information content (AvgIpc) is 2.33. The summed E-state index contributed by atoms with van der Waals surface area (Å²) in [5, 5.41) is 0. The van der Waals surface area contributed by atoms with Gasteiger partial charge in [0, 0.05) is 7.05 Å². The average molecular weight is 293 g/mol. The van der Waals surface area contributed by atoms with Gasteiger partial charge in [-0.2, -0.15) is 0 Å². The summed E-state index contributed by atoms with van der Waals surface area (Å²) in [7, 11) is 1.76. The lowest BCUT2D eigenvalue weighted by molar-refractivity contribution is -0.140. The molecule has 0 aliphatic rings. The number of amides is 1. The molecule has 0 heterocycles. The van der Waals surface area contributed by atoms with Gasteiger partial charge >= 0.3 is 0 Å². The molecule has 0 bridgehead atoms. The van der Waals surface area contributed by atoms with E-state index in [1.165, 1.54) is 11.1 Å². The van der Waals surface area contributed by atoms with E-state index < -0.39 is 0 Å². The summed E-state index contributed by atoms with van der Waals surface area (Å²) < 4.78 is 11.2. The molecule has 1 aromatic carbocycles. The van der Waals surface area contributed by atoms with Crippen LogP contribution in [0.3, 0.4) is 0 Å². The van der Waals surface area contributed by atoms with Gasteiger partial charge < -0.3 is 14.4 Å². The van der Waals surface area contributed by atoms with Crippen molar-refractivity contribution in [3.05, 3.63) is 29.3 Å². The highest BCUT2D eigenvalue weighted by atomic mass is 16.5. The molecule has 0 fully saturated rings. The zero-order valence-corrected chi connectivity index (χ0v) is 14.0. The highest BCUT2D eigenvalue weighted by molar-refractivity contribution is 5.77. The van der Waals surface area contributed by atoms with E-state index in [2.05, 4.69) is 6.07 Å². The van der Waals surface area contributed by atoms with Gasteiger partial charge in [0.25, 0.3) is 0 Å². The highest BCUT2D eigenvalue weighted by Crippen LogP contribution is 2.16. The van der Waals surface area contributed by atoms with Gasteiger partial charge in [-0.25, -0.2) is 0 Å². The van der Waals surface area contributed by atoms with Crippen LogP contribution < -0.4 is 4.74 Å². The van der Waals surface area contributed by atoms with Crippen molar-refractivity contribution in [3.8, 4) is 5.75 Å². The van der Waals surface area contributed by atoms with Crippen molar-refractivity contribution in [2.45, 2.75) is 40.2 Å². The van der Waals surface area contributed by atoms with Gasteiger partial charge in [-0.3, -0.25) is 4.79 Å². The van der Waals surface area contributed by atoms with Crippen molar-refractivity contribution in [3.63, 3.8) is 0 Å². The Morgan fingerprint density at radius 3 is 2.24 bits per heavy atom. The van der Waals surface area contributed by atoms with Gasteiger partial charge in [0.1, 0.15) is 19.0 Å². The van der Waals surface area contributed by atoms with Gasteiger partial charge in [-0.15, -0.1) is 0 Å². The zero-order chi connectivity index (χ0) is 16.0. The molecule has 0 radical (unpaired) electrons. The lowest BCUT2D eigenvalue weighted by Crippen LogP contribution is -2.36. The number of hydrogen-bond acceptors (Lipinski definition) is 3. The molecular weight excluding hydrogens is 266 g/mol. The third kappa shape index (κ3) is 7.14. The van der Waals surface area contributed by atoms with Gasteiger partial charge in [-0.05, 0) is 57.9 Å². The minimum absolute atomic E-state index is 0.0334. The van der Waals surface area contributed by atoms with Crippen LogP contribution in [0.25, 0.3) is 0 Å². The molecule has 4 nitrogen and oxygen atoms in total. The van der Waals surface area contributed by atoms with Crippen molar-refractivity contribution in [1.29, 1.82) is 0 Å². The number of carbonyl (C=O) groups is 1. The monoisotopic (exact) mass is 293 g/mol. The van der Waals surface area contributed by atoms with Crippen LogP contribution in [-0.4, -0.2) is 43.2 Å². The molecule has 0 aliphatic heterocycles. The summed E-state index contributed by atoms with van der Waals surface area (Å²) in [6.07, 6.45) is 0. The number of nitrogens with zero attached hydrogens (tertiary/aromatic N) is 1. The van der Waals surface area contributed by atoms with Gasteiger partial charge in [-0.1, -0.05) is 6.07 Å². The molecule has 1 aromatic rings. The summed E-state index contributed by atoms with van der Waals surface area (Å²) in [6, 6.07) is 6.10. The Labute approximate surface area is 128 Å². The fourth-order valence-corrected chi connectivity index (χ4v) is 1.83. The number of likely N-dealkylation sites (N-methyl/N-ethyl adjacent to an activating group) is 1. The molecule has 0 unspecified atom stereocenters. The van der Waals surface area contributed by atoms with Crippen molar-refractivity contribution >= 4 is 5.91 Å². The van der Waals surface area contributed by atoms with Crippen molar-refractivity contribution in [1.82, 2.24) is 4.90 Å². The fourth-order valence-electron chi connectivity index (χ4n) is 1.83. The van der Waals surface area contributed by atoms with E-state index in [0.29, 0.717) is 13.2 Å². The second kappa shape index (κ2) is 7.46. The molecule has 0 saturated heterocycles. The minimum Gasteiger partial charge on any atom is -0.492 e. The molecule has 0 aliphatic carbocycles. The van der Waals surface area contributed by atoms with E-state index in [1.807, 2.05) is 46.8 Å². The number of aryl methyl sites for hydroxylation is 2. The summed E-state index contributed by atoms with van der Waals surface area (Å²) in [6.45, 7) is 11.0. The Bertz CT molecular complexity index is 457. The van der Waals surface area contributed by atoms with Gasteiger partial charge in [0.05, 0.1) is 12.1 Å². The quantitative estimate of drug-likeness (QED) is 0.809. The summed E-state index contributed by atoms with van der Waals surface area (Å²) in [5.74, 6) is 0.813. The Hall–Kier alpha value is -1.55. The van der Waals surface area contributed by atoms with E-state index >= 15 is 0 Å². The van der Waals surface area contributed by atoms with Crippen molar-refractivity contribution in [2.24, 2.45) is 0 Å². The van der Waals surface area contributed by atoms with Crippen LogP contribution in [-0.2, 0) is 9.53 Å². The maximum atomic E-state index is 11.9. The van der Waals surface area contributed by atoms with Crippen LogP contribution >= 0.6 is 0 Å². The molecule has 21 heavy (non-hydrogen) atoms. The van der Waals surface area contributed by atoms with E-state index in [1.54, 1.807) is 11.9 Å². The number of ether oxygens (including phenoxy) is 2. The summed E-state index contributed by atoms with van der Waals surface area (Å²) in [4.78, 5) is 13.5. The molecule has 0 saturated carbocycles. The lowest BCUT2D eigenvalue weighted by Gasteiger charge is -2.22. The Kier molecular flexibility index (Phi) is 6.21. The smallest absolute Gasteiger partial charge is 0.248 e. The van der Waals surface area contributed by atoms with Crippen LogP contribution in [0.15, 0.2) is 18.2 Å². The van der Waals surface area contributed by atoms with Crippen LogP contribution in [0, 0.1) is 13.8 Å². The molecule has 0 N–H and O–H groups in total. The van der Waals surface area contributed by atoms with Gasteiger partial charge in [0.2, 0.25) is 5.91 Å². The molecule has 0 aromatic heterocycles. The normalized spacial score (nSPS) is 11.3. The van der Waals surface area contributed by atoms with Crippen molar-refractivity contribution < 1.29 is 14.3 Å². The van der Waals surface area contributed by atoms with E-state index in [4.69, 9.17) is 9.47 Å². The fraction of sp³-hybridized carbons (Fsp3) is 0.588. The van der Waals surface area contributed by atoms with Gasteiger partial charge in [0.15, 0.2) is 0 Å². The lowest BCUT2D eigenvalue weighted by atomic mass is 10.1. The summed E-state index contributed by atoms with van der Waals surface area (Å²) in [5.41, 5.74) is 2.05. The predicted molar refractivity (Wildman–Crippen MR) is 84.8 cm³/mol. The maximum absolute atomic E-state index is 11.9. The van der Waals surface area contributed by atoms with Crippen LogP contribution in [0.4, 0.5) is 0 Å². The standard InChI is InChI=1S/C17H27NO3/c1-13-9-14(2)11-15(10-13)20-8-7-18(6)16(19)12-21-17(3,4)5/h9-11H,7-8,12H2,1-6H3. The third-order valence-electron chi connectivity index (χ3n) is 2.95. The number of benzene rings is 1. The first-order valence-corrected chi connectivity index (χ1v) is 7.26. The number of rotatable bonds is 6. The van der Waals surface area contributed by atoms with E-state index in [-0.39, 0.29) is 18.1 Å². The second-order valence-corrected chi connectivity index (χ2v) is 6.39. The zero-order valence-electron chi connectivity index (χ0n) is 14.0. The molecule has 118 valence electrons. The predicted octanol–water partition coefficient (Wildman–Crippen LogP) is 2.96. The first kappa shape index (κ1) is 17.5. The molecule has 4 heteroatoms. The largest absolute Gasteiger partial charge is 0.492 e. The highest BCUT2D eigenvalue weighted by Gasteiger charge is 2.15.